The molecule has 0 aliphatic carbocycles. The summed E-state index contributed by atoms with van der Waals surface area (Å²) in [6, 6.07) is 0.161. The Labute approximate surface area is 134 Å². The van der Waals surface area contributed by atoms with Crippen LogP contribution in [0.25, 0.3) is 0 Å². The Morgan fingerprint density at radius 3 is 1.85 bits per heavy atom. The lowest BCUT2D eigenvalue weighted by Crippen LogP contribution is -2.25. The van der Waals surface area contributed by atoms with Gasteiger partial charge in [-0.05, 0) is 18.3 Å². The molecule has 0 rings (SSSR count). The standard InChI is InChI=1S/C18H37N.ClH/c1-5-7-8-9-10-11-12-13-14-15-18(3,4)16-17(19)6-2;/h6,17H,2,5,7-16,19H2,1,3-4H3;1H. The molecule has 0 saturated carbocycles. The minimum atomic E-state index is 0. The van der Waals surface area contributed by atoms with E-state index in [0.717, 1.165) is 6.42 Å². The SMILES string of the molecule is C=CC(N)CC(C)(C)CCCCCCCCCCC.Cl. The Kier molecular flexibility index (Phi) is 15.5. The first-order valence-corrected chi connectivity index (χ1v) is 8.40. The lowest BCUT2D eigenvalue weighted by molar-refractivity contribution is 0.283. The molecule has 0 aliphatic heterocycles. The van der Waals surface area contributed by atoms with Crippen molar-refractivity contribution in [3.63, 3.8) is 0 Å². The fourth-order valence-corrected chi connectivity index (χ4v) is 2.74. The molecule has 0 radical (unpaired) electrons. The predicted molar refractivity (Wildman–Crippen MR) is 95.7 cm³/mol. The van der Waals surface area contributed by atoms with Crippen LogP contribution in [-0.2, 0) is 0 Å². The molecule has 0 aromatic carbocycles. The van der Waals surface area contributed by atoms with Crippen molar-refractivity contribution in [2.75, 3.05) is 0 Å². The minimum absolute atomic E-state index is 0. The summed E-state index contributed by atoms with van der Waals surface area (Å²) in [5.74, 6) is 0. The van der Waals surface area contributed by atoms with Crippen LogP contribution < -0.4 is 5.73 Å². The summed E-state index contributed by atoms with van der Waals surface area (Å²) in [6.07, 6.45) is 16.9. The van der Waals surface area contributed by atoms with E-state index in [1.54, 1.807) is 0 Å². The molecule has 20 heavy (non-hydrogen) atoms. The van der Waals surface area contributed by atoms with Gasteiger partial charge in [0.15, 0.2) is 0 Å². The lowest BCUT2D eigenvalue weighted by Gasteiger charge is -2.26. The Morgan fingerprint density at radius 2 is 1.40 bits per heavy atom. The van der Waals surface area contributed by atoms with Crippen LogP contribution in [0.2, 0.25) is 0 Å². The van der Waals surface area contributed by atoms with Crippen molar-refractivity contribution in [1.82, 2.24) is 0 Å². The van der Waals surface area contributed by atoms with E-state index in [0.29, 0.717) is 5.41 Å². The van der Waals surface area contributed by atoms with Crippen LogP contribution in [0.4, 0.5) is 0 Å². The van der Waals surface area contributed by atoms with E-state index in [2.05, 4.69) is 27.4 Å². The van der Waals surface area contributed by atoms with Gasteiger partial charge in [-0.3, -0.25) is 0 Å². The molecule has 2 N–H and O–H groups in total. The molecular weight excluding hydrogens is 266 g/mol. The Balaban J connectivity index is 0. The Bertz CT molecular complexity index is 213. The third-order valence-electron chi connectivity index (χ3n) is 4.05. The minimum Gasteiger partial charge on any atom is -0.324 e. The molecule has 0 amide bonds. The van der Waals surface area contributed by atoms with Crippen LogP contribution in [0.5, 0.6) is 0 Å². The van der Waals surface area contributed by atoms with Gasteiger partial charge in [0.1, 0.15) is 0 Å². The number of nitrogens with two attached hydrogens (primary N) is 1. The third-order valence-corrected chi connectivity index (χ3v) is 4.05. The van der Waals surface area contributed by atoms with Crippen LogP contribution in [-0.4, -0.2) is 6.04 Å². The van der Waals surface area contributed by atoms with Crippen molar-refractivity contribution in [3.05, 3.63) is 12.7 Å². The Hall–Kier alpha value is -0.0100. The second-order valence-corrected chi connectivity index (χ2v) is 6.85. The molecule has 1 atom stereocenters. The van der Waals surface area contributed by atoms with Crippen molar-refractivity contribution in [3.8, 4) is 0 Å². The molecule has 0 aliphatic rings. The van der Waals surface area contributed by atoms with Gasteiger partial charge < -0.3 is 5.73 Å². The summed E-state index contributed by atoms with van der Waals surface area (Å²) in [4.78, 5) is 0. The van der Waals surface area contributed by atoms with Crippen molar-refractivity contribution in [1.29, 1.82) is 0 Å². The zero-order valence-electron chi connectivity index (χ0n) is 14.1. The average Bonchev–Trinajstić information content (AvgIpc) is 2.36. The molecule has 122 valence electrons. The van der Waals surface area contributed by atoms with Gasteiger partial charge >= 0.3 is 0 Å². The van der Waals surface area contributed by atoms with Crippen molar-refractivity contribution in [2.24, 2.45) is 11.1 Å². The molecule has 0 spiro atoms. The molecule has 0 heterocycles. The smallest absolute Gasteiger partial charge is 0.0226 e. The molecule has 0 aromatic rings. The predicted octanol–water partition coefficient (Wildman–Crippen LogP) is 6.26. The third kappa shape index (κ3) is 14.4. The van der Waals surface area contributed by atoms with E-state index in [-0.39, 0.29) is 18.4 Å². The van der Waals surface area contributed by atoms with Gasteiger partial charge in [-0.25, -0.2) is 0 Å². The normalized spacial score (nSPS) is 12.8. The fraction of sp³-hybridized carbons (Fsp3) is 0.889. The summed E-state index contributed by atoms with van der Waals surface area (Å²) < 4.78 is 0. The fourth-order valence-electron chi connectivity index (χ4n) is 2.74. The van der Waals surface area contributed by atoms with Gasteiger partial charge in [0.25, 0.3) is 0 Å². The van der Waals surface area contributed by atoms with Crippen molar-refractivity contribution >= 4 is 12.4 Å². The zero-order chi connectivity index (χ0) is 14.6. The number of unbranched alkanes of at least 4 members (excludes halogenated alkanes) is 8. The summed E-state index contributed by atoms with van der Waals surface area (Å²) in [6.45, 7) is 10.7. The van der Waals surface area contributed by atoms with Crippen LogP contribution in [0, 0.1) is 5.41 Å². The Morgan fingerprint density at radius 1 is 0.950 bits per heavy atom. The molecule has 1 nitrogen and oxygen atoms in total. The van der Waals surface area contributed by atoms with Gasteiger partial charge in [0.05, 0.1) is 0 Å². The number of halogens is 1. The summed E-state index contributed by atoms with van der Waals surface area (Å²) in [5, 5.41) is 0. The molecule has 2 heteroatoms. The highest BCUT2D eigenvalue weighted by Crippen LogP contribution is 2.29. The van der Waals surface area contributed by atoms with Crippen molar-refractivity contribution < 1.29 is 0 Å². The van der Waals surface area contributed by atoms with Gasteiger partial charge in [0.2, 0.25) is 0 Å². The van der Waals surface area contributed by atoms with Crippen LogP contribution in [0.1, 0.15) is 91.4 Å². The van der Waals surface area contributed by atoms with E-state index < -0.39 is 0 Å². The van der Waals surface area contributed by atoms with E-state index in [1.807, 2.05) is 6.08 Å². The van der Waals surface area contributed by atoms with Gasteiger partial charge in [-0.15, -0.1) is 19.0 Å². The molecule has 0 saturated heterocycles. The maximum atomic E-state index is 5.95. The number of hydrogen-bond donors (Lipinski definition) is 1. The van der Waals surface area contributed by atoms with E-state index in [9.17, 15) is 0 Å². The van der Waals surface area contributed by atoms with Gasteiger partial charge in [-0.2, -0.15) is 0 Å². The van der Waals surface area contributed by atoms with E-state index in [1.165, 1.54) is 64.2 Å². The largest absolute Gasteiger partial charge is 0.324 e. The van der Waals surface area contributed by atoms with Crippen molar-refractivity contribution in [2.45, 2.75) is 97.4 Å². The second-order valence-electron chi connectivity index (χ2n) is 6.85. The van der Waals surface area contributed by atoms with E-state index in [4.69, 9.17) is 5.73 Å². The summed E-state index contributed by atoms with van der Waals surface area (Å²) >= 11 is 0. The molecular formula is C18H38ClN. The molecule has 1 unspecified atom stereocenters. The first-order valence-electron chi connectivity index (χ1n) is 8.40. The number of hydrogen-bond acceptors (Lipinski definition) is 1. The molecule has 0 fully saturated rings. The maximum Gasteiger partial charge on any atom is 0.0226 e. The van der Waals surface area contributed by atoms with Crippen LogP contribution in [0.3, 0.4) is 0 Å². The summed E-state index contributed by atoms with van der Waals surface area (Å²) in [5.41, 5.74) is 6.32. The molecule has 0 bridgehead atoms. The van der Waals surface area contributed by atoms with E-state index >= 15 is 0 Å². The zero-order valence-corrected chi connectivity index (χ0v) is 14.9. The topological polar surface area (TPSA) is 26.0 Å². The second kappa shape index (κ2) is 13.9. The molecule has 0 aromatic heterocycles. The quantitative estimate of drug-likeness (QED) is 0.315. The maximum absolute atomic E-state index is 5.95. The summed E-state index contributed by atoms with van der Waals surface area (Å²) in [7, 11) is 0. The highest BCUT2D eigenvalue weighted by atomic mass is 35.5. The highest BCUT2D eigenvalue weighted by molar-refractivity contribution is 5.85. The highest BCUT2D eigenvalue weighted by Gasteiger charge is 2.19. The first-order chi connectivity index (χ1) is 9.02. The number of rotatable bonds is 13. The first kappa shape index (κ1) is 22.3. The van der Waals surface area contributed by atoms with Crippen LogP contribution >= 0.6 is 12.4 Å². The van der Waals surface area contributed by atoms with Gasteiger partial charge in [-0.1, -0.05) is 84.6 Å². The van der Waals surface area contributed by atoms with Gasteiger partial charge in [0, 0.05) is 6.04 Å². The lowest BCUT2D eigenvalue weighted by atomic mass is 9.81. The van der Waals surface area contributed by atoms with Crippen LogP contribution in [0.15, 0.2) is 12.7 Å². The average molecular weight is 304 g/mol. The monoisotopic (exact) mass is 303 g/mol.